The van der Waals surface area contributed by atoms with Crippen LogP contribution in [-0.2, 0) is 9.53 Å². The highest BCUT2D eigenvalue weighted by molar-refractivity contribution is 5.74. The Morgan fingerprint density at radius 2 is 1.89 bits per heavy atom. The molecule has 1 spiro atoms. The Morgan fingerprint density at radius 1 is 1.26 bits per heavy atom. The Kier molecular flexibility index (Phi) is 3.09. The zero-order valence-electron chi connectivity index (χ0n) is 11.3. The molecule has 0 bridgehead atoms. The molecule has 1 atom stereocenters. The molecule has 0 heterocycles. The van der Waals surface area contributed by atoms with Gasteiger partial charge in [0.05, 0.1) is 5.92 Å². The molecule has 102 valence electrons. The van der Waals surface area contributed by atoms with E-state index in [1.165, 1.54) is 0 Å². The number of carbonyl (C=O) groups excluding carboxylic acids is 1. The van der Waals surface area contributed by atoms with Crippen LogP contribution in [0.4, 0.5) is 0 Å². The highest BCUT2D eigenvalue weighted by Crippen LogP contribution is 2.58. The van der Waals surface area contributed by atoms with E-state index in [2.05, 4.69) is 0 Å². The molecule has 2 aliphatic rings. The van der Waals surface area contributed by atoms with Gasteiger partial charge in [0.15, 0.2) is 0 Å². The number of esters is 1. The summed E-state index contributed by atoms with van der Waals surface area (Å²) < 4.78 is 5.56. The molecule has 2 fully saturated rings. The van der Waals surface area contributed by atoms with Gasteiger partial charge in [0, 0.05) is 6.04 Å². The lowest BCUT2D eigenvalue weighted by Crippen LogP contribution is -2.55. The van der Waals surface area contributed by atoms with Crippen molar-refractivity contribution in [2.45, 2.75) is 44.8 Å². The SMILES string of the molecule is C[C@H](OC(=O)C1CC2(CC(N)C2)C1)c1ccccc1. The summed E-state index contributed by atoms with van der Waals surface area (Å²) in [7, 11) is 0. The molecule has 1 aromatic rings. The van der Waals surface area contributed by atoms with Gasteiger partial charge in [0.2, 0.25) is 0 Å². The molecule has 2 N–H and O–H groups in total. The van der Waals surface area contributed by atoms with Crippen LogP contribution in [0.2, 0.25) is 0 Å². The average Bonchev–Trinajstić information content (AvgIpc) is 2.32. The predicted octanol–water partition coefficient (Wildman–Crippen LogP) is 2.81. The van der Waals surface area contributed by atoms with Crippen LogP contribution in [-0.4, -0.2) is 12.0 Å². The summed E-state index contributed by atoms with van der Waals surface area (Å²) in [6.07, 6.45) is 3.96. The summed E-state index contributed by atoms with van der Waals surface area (Å²) in [5, 5.41) is 0. The minimum atomic E-state index is -0.158. The first kappa shape index (κ1) is 12.7. The Morgan fingerprint density at radius 3 is 2.47 bits per heavy atom. The summed E-state index contributed by atoms with van der Waals surface area (Å²) in [5.41, 5.74) is 7.27. The number of nitrogens with two attached hydrogens (primary N) is 1. The van der Waals surface area contributed by atoms with Crippen LogP contribution in [0.3, 0.4) is 0 Å². The van der Waals surface area contributed by atoms with E-state index in [0.717, 1.165) is 31.2 Å². The number of hydrogen-bond acceptors (Lipinski definition) is 3. The molecule has 3 nitrogen and oxygen atoms in total. The van der Waals surface area contributed by atoms with Crippen LogP contribution < -0.4 is 5.73 Å². The molecule has 3 heteroatoms. The second-order valence-electron chi connectivity index (χ2n) is 6.26. The molecule has 2 saturated carbocycles. The van der Waals surface area contributed by atoms with Crippen molar-refractivity contribution in [3.05, 3.63) is 35.9 Å². The van der Waals surface area contributed by atoms with E-state index < -0.39 is 0 Å². The summed E-state index contributed by atoms with van der Waals surface area (Å²) in [5.74, 6) is 0.0566. The monoisotopic (exact) mass is 259 g/mol. The lowest BCUT2D eigenvalue weighted by atomic mass is 9.50. The van der Waals surface area contributed by atoms with Gasteiger partial charge < -0.3 is 10.5 Å². The van der Waals surface area contributed by atoms with Crippen LogP contribution in [0.1, 0.15) is 44.3 Å². The van der Waals surface area contributed by atoms with Crippen molar-refractivity contribution < 1.29 is 9.53 Å². The van der Waals surface area contributed by atoms with Crippen molar-refractivity contribution in [3.8, 4) is 0 Å². The normalized spacial score (nSPS) is 34.2. The minimum absolute atomic E-state index is 0.0394. The molecular formula is C16H21NO2. The number of benzene rings is 1. The smallest absolute Gasteiger partial charge is 0.309 e. The molecule has 3 rings (SSSR count). The van der Waals surface area contributed by atoms with Crippen molar-refractivity contribution in [2.75, 3.05) is 0 Å². The molecule has 0 amide bonds. The second-order valence-corrected chi connectivity index (χ2v) is 6.26. The van der Waals surface area contributed by atoms with E-state index in [-0.39, 0.29) is 18.0 Å². The first-order valence-electron chi connectivity index (χ1n) is 7.09. The lowest BCUT2D eigenvalue weighted by molar-refractivity contribution is -0.167. The average molecular weight is 259 g/mol. The largest absolute Gasteiger partial charge is 0.458 e. The van der Waals surface area contributed by atoms with Crippen molar-refractivity contribution in [2.24, 2.45) is 17.1 Å². The second kappa shape index (κ2) is 4.64. The summed E-state index contributed by atoms with van der Waals surface area (Å²) in [4.78, 5) is 12.1. The first-order chi connectivity index (χ1) is 9.08. The molecule has 0 radical (unpaired) electrons. The molecule has 0 aliphatic heterocycles. The van der Waals surface area contributed by atoms with E-state index in [1.807, 2.05) is 37.3 Å². The third kappa shape index (κ3) is 2.39. The Hall–Kier alpha value is -1.35. The maximum atomic E-state index is 12.1. The van der Waals surface area contributed by atoms with Crippen LogP contribution >= 0.6 is 0 Å². The highest BCUT2D eigenvalue weighted by Gasteiger charge is 2.54. The Balaban J connectivity index is 1.50. The molecule has 1 aromatic carbocycles. The van der Waals surface area contributed by atoms with E-state index >= 15 is 0 Å². The zero-order valence-corrected chi connectivity index (χ0v) is 11.3. The topological polar surface area (TPSA) is 52.3 Å². The fraction of sp³-hybridized carbons (Fsp3) is 0.562. The van der Waals surface area contributed by atoms with E-state index in [0.29, 0.717) is 11.5 Å². The number of rotatable bonds is 3. The molecular weight excluding hydrogens is 238 g/mol. The number of hydrogen-bond donors (Lipinski definition) is 1. The van der Waals surface area contributed by atoms with Gasteiger partial charge in [-0.1, -0.05) is 30.3 Å². The Bertz CT molecular complexity index is 457. The predicted molar refractivity (Wildman–Crippen MR) is 73.3 cm³/mol. The zero-order chi connectivity index (χ0) is 13.5. The van der Waals surface area contributed by atoms with Crippen molar-refractivity contribution >= 4 is 5.97 Å². The van der Waals surface area contributed by atoms with Gasteiger partial charge in [-0.15, -0.1) is 0 Å². The fourth-order valence-electron chi connectivity index (χ4n) is 3.60. The number of carbonyl (C=O) groups is 1. The van der Waals surface area contributed by atoms with Crippen LogP contribution in [0.25, 0.3) is 0 Å². The summed E-state index contributed by atoms with van der Waals surface area (Å²) in [6, 6.07) is 10.2. The maximum Gasteiger partial charge on any atom is 0.309 e. The third-order valence-electron chi connectivity index (χ3n) is 4.64. The van der Waals surface area contributed by atoms with Gasteiger partial charge in [-0.05, 0) is 43.6 Å². The van der Waals surface area contributed by atoms with Gasteiger partial charge in [-0.2, -0.15) is 0 Å². The van der Waals surface area contributed by atoms with Crippen LogP contribution in [0.5, 0.6) is 0 Å². The summed E-state index contributed by atoms with van der Waals surface area (Å²) in [6.45, 7) is 1.93. The molecule has 0 aromatic heterocycles. The van der Waals surface area contributed by atoms with Crippen molar-refractivity contribution in [1.82, 2.24) is 0 Å². The van der Waals surface area contributed by atoms with E-state index in [1.54, 1.807) is 0 Å². The molecule has 19 heavy (non-hydrogen) atoms. The fourth-order valence-corrected chi connectivity index (χ4v) is 3.60. The van der Waals surface area contributed by atoms with Gasteiger partial charge in [-0.3, -0.25) is 4.79 Å². The standard InChI is InChI=1S/C16H21NO2/c1-11(12-5-3-2-4-6-12)19-15(18)13-7-16(8-13)9-14(17)10-16/h2-6,11,13-14H,7-10,17H2,1H3/t11-,13?,14?,16?/m0/s1. The molecule has 0 saturated heterocycles. The molecule has 2 aliphatic carbocycles. The lowest BCUT2D eigenvalue weighted by Gasteiger charge is -2.56. The van der Waals surface area contributed by atoms with Crippen LogP contribution in [0.15, 0.2) is 30.3 Å². The molecule has 0 unspecified atom stereocenters. The number of ether oxygens (including phenoxy) is 1. The van der Waals surface area contributed by atoms with Gasteiger partial charge >= 0.3 is 5.97 Å². The van der Waals surface area contributed by atoms with Crippen molar-refractivity contribution in [1.29, 1.82) is 0 Å². The first-order valence-corrected chi connectivity index (χ1v) is 7.09. The maximum absolute atomic E-state index is 12.1. The van der Waals surface area contributed by atoms with E-state index in [4.69, 9.17) is 10.5 Å². The van der Waals surface area contributed by atoms with E-state index in [9.17, 15) is 4.79 Å². The van der Waals surface area contributed by atoms with Crippen molar-refractivity contribution in [3.63, 3.8) is 0 Å². The van der Waals surface area contributed by atoms with Gasteiger partial charge in [-0.25, -0.2) is 0 Å². The highest BCUT2D eigenvalue weighted by atomic mass is 16.5. The Labute approximate surface area is 114 Å². The van der Waals surface area contributed by atoms with Gasteiger partial charge in [0.1, 0.15) is 6.10 Å². The third-order valence-corrected chi connectivity index (χ3v) is 4.64. The summed E-state index contributed by atoms with van der Waals surface area (Å²) >= 11 is 0. The minimum Gasteiger partial charge on any atom is -0.458 e. The quantitative estimate of drug-likeness (QED) is 0.849. The van der Waals surface area contributed by atoms with Crippen LogP contribution in [0, 0.1) is 11.3 Å². The van der Waals surface area contributed by atoms with Gasteiger partial charge in [0.25, 0.3) is 0 Å².